The van der Waals surface area contributed by atoms with Crippen molar-refractivity contribution in [3.8, 4) is 11.4 Å². The second-order valence-electron chi connectivity index (χ2n) is 4.81. The SMILES string of the molecule is CCCNCc1cc(=O)[nH]c(-c2ccc(CC)cc2)n1. The molecule has 2 rings (SSSR count). The van der Waals surface area contributed by atoms with E-state index in [1.54, 1.807) is 6.07 Å². The molecule has 0 fully saturated rings. The van der Waals surface area contributed by atoms with Gasteiger partial charge < -0.3 is 10.3 Å². The summed E-state index contributed by atoms with van der Waals surface area (Å²) in [4.78, 5) is 19.0. The topological polar surface area (TPSA) is 57.8 Å². The highest BCUT2D eigenvalue weighted by molar-refractivity contribution is 5.55. The fourth-order valence-corrected chi connectivity index (χ4v) is 2.03. The maximum atomic E-state index is 11.7. The van der Waals surface area contributed by atoms with Crippen LogP contribution in [0.3, 0.4) is 0 Å². The Morgan fingerprint density at radius 1 is 1.20 bits per heavy atom. The fourth-order valence-electron chi connectivity index (χ4n) is 2.03. The van der Waals surface area contributed by atoms with Crippen molar-refractivity contribution in [3.05, 3.63) is 51.9 Å². The van der Waals surface area contributed by atoms with E-state index in [1.165, 1.54) is 5.56 Å². The van der Waals surface area contributed by atoms with E-state index >= 15 is 0 Å². The molecule has 0 atom stereocenters. The van der Waals surface area contributed by atoms with Crippen molar-refractivity contribution in [3.63, 3.8) is 0 Å². The molecule has 0 radical (unpaired) electrons. The minimum atomic E-state index is -0.108. The third kappa shape index (κ3) is 3.78. The van der Waals surface area contributed by atoms with Gasteiger partial charge in [-0.3, -0.25) is 4.79 Å². The first kappa shape index (κ1) is 14.5. The van der Waals surface area contributed by atoms with Crippen LogP contribution < -0.4 is 10.9 Å². The summed E-state index contributed by atoms with van der Waals surface area (Å²) in [5.74, 6) is 0.633. The minimum Gasteiger partial charge on any atom is -0.311 e. The lowest BCUT2D eigenvalue weighted by Gasteiger charge is -2.06. The average Bonchev–Trinajstić information content (AvgIpc) is 2.47. The van der Waals surface area contributed by atoms with Crippen LogP contribution in [-0.4, -0.2) is 16.5 Å². The van der Waals surface area contributed by atoms with Crippen LogP contribution in [0.1, 0.15) is 31.5 Å². The lowest BCUT2D eigenvalue weighted by molar-refractivity contribution is 0.662. The van der Waals surface area contributed by atoms with Crippen molar-refractivity contribution in [2.45, 2.75) is 33.2 Å². The molecule has 1 heterocycles. The molecule has 0 unspecified atom stereocenters. The first-order chi connectivity index (χ1) is 9.72. The largest absolute Gasteiger partial charge is 0.311 e. The van der Waals surface area contributed by atoms with E-state index in [0.29, 0.717) is 12.4 Å². The Bertz CT molecular complexity index is 602. The van der Waals surface area contributed by atoms with E-state index in [9.17, 15) is 4.79 Å². The third-order valence-corrected chi connectivity index (χ3v) is 3.16. The van der Waals surface area contributed by atoms with Crippen molar-refractivity contribution < 1.29 is 0 Å². The number of aromatic amines is 1. The van der Waals surface area contributed by atoms with Crippen LogP contribution in [0.5, 0.6) is 0 Å². The second-order valence-corrected chi connectivity index (χ2v) is 4.81. The second kappa shape index (κ2) is 7.01. The number of H-pyrrole nitrogens is 1. The average molecular weight is 271 g/mol. The van der Waals surface area contributed by atoms with Gasteiger partial charge in [0.25, 0.3) is 5.56 Å². The van der Waals surface area contributed by atoms with Crippen LogP contribution in [0.15, 0.2) is 35.1 Å². The molecular weight excluding hydrogens is 250 g/mol. The molecule has 0 aliphatic carbocycles. The molecule has 0 aliphatic rings. The Labute approximate surface area is 119 Å². The number of aryl methyl sites for hydroxylation is 1. The molecule has 0 bridgehead atoms. The molecule has 4 heteroatoms. The summed E-state index contributed by atoms with van der Waals surface area (Å²) in [5.41, 5.74) is 2.88. The molecule has 2 N–H and O–H groups in total. The molecule has 1 aromatic heterocycles. The normalized spacial score (nSPS) is 10.7. The molecular formula is C16H21N3O. The van der Waals surface area contributed by atoms with Gasteiger partial charge in [-0.05, 0) is 24.9 Å². The molecule has 0 saturated heterocycles. The van der Waals surface area contributed by atoms with Gasteiger partial charge in [0.1, 0.15) is 5.82 Å². The lowest BCUT2D eigenvalue weighted by Crippen LogP contribution is -2.18. The summed E-state index contributed by atoms with van der Waals surface area (Å²) in [5, 5.41) is 3.26. The number of nitrogens with zero attached hydrogens (tertiary/aromatic N) is 1. The monoisotopic (exact) mass is 271 g/mol. The first-order valence-corrected chi connectivity index (χ1v) is 7.13. The van der Waals surface area contributed by atoms with Gasteiger partial charge in [0, 0.05) is 18.2 Å². The van der Waals surface area contributed by atoms with E-state index in [4.69, 9.17) is 0 Å². The van der Waals surface area contributed by atoms with E-state index in [2.05, 4.69) is 41.3 Å². The molecule has 0 spiro atoms. The number of hydrogen-bond donors (Lipinski definition) is 2. The maximum absolute atomic E-state index is 11.7. The van der Waals surface area contributed by atoms with Crippen LogP contribution in [0, 0.1) is 0 Å². The Hall–Kier alpha value is -1.94. The zero-order valence-electron chi connectivity index (χ0n) is 12.1. The molecule has 0 amide bonds. The van der Waals surface area contributed by atoms with Gasteiger partial charge in [-0.1, -0.05) is 38.1 Å². The van der Waals surface area contributed by atoms with Gasteiger partial charge >= 0.3 is 0 Å². The molecule has 2 aromatic rings. The van der Waals surface area contributed by atoms with E-state index in [1.807, 2.05) is 12.1 Å². The van der Waals surface area contributed by atoms with Crippen LogP contribution in [0.25, 0.3) is 11.4 Å². The standard InChI is InChI=1S/C16H21N3O/c1-3-9-17-11-14-10-15(20)19-16(18-14)13-7-5-12(4-2)6-8-13/h5-8,10,17H,3-4,9,11H2,1-2H3,(H,18,19,20). The van der Waals surface area contributed by atoms with Crippen molar-refractivity contribution in [1.82, 2.24) is 15.3 Å². The maximum Gasteiger partial charge on any atom is 0.251 e. The fraction of sp³-hybridized carbons (Fsp3) is 0.375. The number of benzene rings is 1. The molecule has 20 heavy (non-hydrogen) atoms. The van der Waals surface area contributed by atoms with Crippen molar-refractivity contribution in [1.29, 1.82) is 0 Å². The highest BCUT2D eigenvalue weighted by Crippen LogP contribution is 2.15. The lowest BCUT2D eigenvalue weighted by atomic mass is 10.1. The summed E-state index contributed by atoms with van der Waals surface area (Å²) < 4.78 is 0. The van der Waals surface area contributed by atoms with Crippen LogP contribution in [0.2, 0.25) is 0 Å². The summed E-state index contributed by atoms with van der Waals surface area (Å²) >= 11 is 0. The predicted molar refractivity (Wildman–Crippen MR) is 81.7 cm³/mol. The van der Waals surface area contributed by atoms with Gasteiger partial charge in [-0.2, -0.15) is 0 Å². The Balaban J connectivity index is 2.24. The van der Waals surface area contributed by atoms with Crippen molar-refractivity contribution in [2.24, 2.45) is 0 Å². The van der Waals surface area contributed by atoms with Gasteiger partial charge in [-0.15, -0.1) is 0 Å². The molecule has 4 nitrogen and oxygen atoms in total. The van der Waals surface area contributed by atoms with Gasteiger partial charge in [0.05, 0.1) is 5.69 Å². The Morgan fingerprint density at radius 3 is 2.60 bits per heavy atom. The van der Waals surface area contributed by atoms with E-state index in [-0.39, 0.29) is 5.56 Å². The van der Waals surface area contributed by atoms with Crippen LogP contribution in [-0.2, 0) is 13.0 Å². The highest BCUT2D eigenvalue weighted by Gasteiger charge is 2.04. The highest BCUT2D eigenvalue weighted by atomic mass is 16.1. The number of nitrogens with one attached hydrogen (secondary N) is 2. The summed E-state index contributed by atoms with van der Waals surface area (Å²) in [6.45, 7) is 5.78. The Morgan fingerprint density at radius 2 is 1.95 bits per heavy atom. The van der Waals surface area contributed by atoms with Gasteiger partial charge in [0.2, 0.25) is 0 Å². The number of rotatable bonds is 6. The smallest absolute Gasteiger partial charge is 0.251 e. The Kier molecular flexibility index (Phi) is 5.07. The van der Waals surface area contributed by atoms with Crippen LogP contribution >= 0.6 is 0 Å². The zero-order valence-corrected chi connectivity index (χ0v) is 12.1. The summed E-state index contributed by atoms with van der Waals surface area (Å²) in [6, 6.07) is 9.68. The van der Waals surface area contributed by atoms with Gasteiger partial charge in [0.15, 0.2) is 0 Å². The zero-order chi connectivity index (χ0) is 14.4. The van der Waals surface area contributed by atoms with Crippen LogP contribution in [0.4, 0.5) is 0 Å². The first-order valence-electron chi connectivity index (χ1n) is 7.13. The van der Waals surface area contributed by atoms with Crippen molar-refractivity contribution in [2.75, 3.05) is 6.54 Å². The van der Waals surface area contributed by atoms with Crippen molar-refractivity contribution >= 4 is 0 Å². The summed E-state index contributed by atoms with van der Waals surface area (Å²) in [7, 11) is 0. The summed E-state index contributed by atoms with van der Waals surface area (Å²) in [6.07, 6.45) is 2.07. The minimum absolute atomic E-state index is 0.108. The third-order valence-electron chi connectivity index (χ3n) is 3.16. The predicted octanol–water partition coefficient (Wildman–Crippen LogP) is 2.50. The van der Waals surface area contributed by atoms with Gasteiger partial charge in [-0.25, -0.2) is 4.98 Å². The van der Waals surface area contributed by atoms with E-state index in [0.717, 1.165) is 30.6 Å². The quantitative estimate of drug-likeness (QED) is 0.794. The molecule has 1 aromatic carbocycles. The number of hydrogen-bond acceptors (Lipinski definition) is 3. The number of aromatic nitrogens is 2. The molecule has 0 aliphatic heterocycles. The van der Waals surface area contributed by atoms with E-state index < -0.39 is 0 Å². The molecule has 106 valence electrons. The molecule has 0 saturated carbocycles.